The zero-order valence-corrected chi connectivity index (χ0v) is 12.1. The Bertz CT molecular complexity index is 599. The minimum absolute atomic E-state index is 0.194. The van der Waals surface area contributed by atoms with Crippen LogP contribution in [0.1, 0.15) is 16.1 Å². The summed E-state index contributed by atoms with van der Waals surface area (Å²) in [6, 6.07) is 8.57. The van der Waals surface area contributed by atoms with E-state index in [1.165, 1.54) is 7.11 Å². The molecule has 19 heavy (non-hydrogen) atoms. The predicted molar refractivity (Wildman–Crippen MR) is 74.9 cm³/mol. The number of halogens is 1. The van der Waals surface area contributed by atoms with Gasteiger partial charge in [-0.3, -0.25) is 9.78 Å². The highest BCUT2D eigenvalue weighted by Gasteiger charge is 2.20. The molecule has 5 heteroatoms. The number of rotatable bonds is 4. The first-order valence-corrected chi connectivity index (χ1v) is 6.34. The van der Waals surface area contributed by atoms with Crippen molar-refractivity contribution in [1.82, 2.24) is 4.98 Å². The first-order valence-electron chi connectivity index (χ1n) is 5.55. The molecule has 0 bridgehead atoms. The van der Waals surface area contributed by atoms with Crippen molar-refractivity contribution < 1.29 is 14.3 Å². The Kier molecular flexibility index (Phi) is 4.16. The van der Waals surface area contributed by atoms with Gasteiger partial charge >= 0.3 is 0 Å². The highest BCUT2D eigenvalue weighted by atomic mass is 79.9. The zero-order chi connectivity index (χ0) is 13.8. The number of methoxy groups -OCH3 is 2. The zero-order valence-electron chi connectivity index (χ0n) is 10.5. The van der Waals surface area contributed by atoms with E-state index in [0.717, 1.165) is 0 Å². The summed E-state index contributed by atoms with van der Waals surface area (Å²) in [7, 11) is 3.06. The second-order valence-corrected chi connectivity index (χ2v) is 4.50. The van der Waals surface area contributed by atoms with Gasteiger partial charge in [-0.1, -0.05) is 6.07 Å². The van der Waals surface area contributed by atoms with Gasteiger partial charge in [-0.2, -0.15) is 0 Å². The van der Waals surface area contributed by atoms with E-state index >= 15 is 0 Å². The van der Waals surface area contributed by atoms with Crippen molar-refractivity contribution >= 4 is 21.7 Å². The molecule has 0 aliphatic carbocycles. The fraction of sp³-hybridized carbons (Fsp3) is 0.143. The lowest BCUT2D eigenvalue weighted by Crippen LogP contribution is -2.06. The molecule has 4 nitrogen and oxygen atoms in total. The fourth-order valence-electron chi connectivity index (χ4n) is 1.71. The lowest BCUT2D eigenvalue weighted by atomic mass is 10.1. The summed E-state index contributed by atoms with van der Waals surface area (Å²) in [6.07, 6.45) is 1.58. The summed E-state index contributed by atoms with van der Waals surface area (Å²) in [5, 5.41) is 0. The van der Waals surface area contributed by atoms with Gasteiger partial charge in [0.05, 0.1) is 19.8 Å². The Balaban J connectivity index is 2.51. The molecule has 0 amide bonds. The van der Waals surface area contributed by atoms with E-state index in [0.29, 0.717) is 27.2 Å². The van der Waals surface area contributed by atoms with Crippen LogP contribution in [0, 0.1) is 0 Å². The molecule has 0 N–H and O–H groups in total. The molecule has 1 aromatic heterocycles. The van der Waals surface area contributed by atoms with Crippen LogP contribution in [-0.4, -0.2) is 25.0 Å². The SMILES string of the molecule is COc1ccc(C(=O)c2ccccn2)c(OC)c1Br. The van der Waals surface area contributed by atoms with Crippen LogP contribution in [0.4, 0.5) is 0 Å². The van der Waals surface area contributed by atoms with Crippen molar-refractivity contribution in [3.8, 4) is 11.5 Å². The molecule has 2 aromatic rings. The van der Waals surface area contributed by atoms with Gasteiger partial charge in [0.15, 0.2) is 0 Å². The van der Waals surface area contributed by atoms with E-state index in [4.69, 9.17) is 9.47 Å². The highest BCUT2D eigenvalue weighted by molar-refractivity contribution is 9.10. The lowest BCUT2D eigenvalue weighted by molar-refractivity contribution is 0.103. The van der Waals surface area contributed by atoms with Crippen molar-refractivity contribution in [2.24, 2.45) is 0 Å². The molecule has 0 unspecified atom stereocenters. The summed E-state index contributed by atoms with van der Waals surface area (Å²) in [5.74, 6) is 0.852. The number of carbonyl (C=O) groups is 1. The summed E-state index contributed by atoms with van der Waals surface area (Å²) < 4.78 is 11.1. The number of carbonyl (C=O) groups excluding carboxylic acids is 1. The van der Waals surface area contributed by atoms with Crippen molar-refractivity contribution in [3.05, 3.63) is 52.3 Å². The number of aromatic nitrogens is 1. The largest absolute Gasteiger partial charge is 0.495 e. The van der Waals surface area contributed by atoms with Crippen molar-refractivity contribution in [2.75, 3.05) is 14.2 Å². The number of benzene rings is 1. The Morgan fingerprint density at radius 1 is 1.16 bits per heavy atom. The van der Waals surface area contributed by atoms with Crippen LogP contribution in [0.25, 0.3) is 0 Å². The van der Waals surface area contributed by atoms with Gasteiger partial charge in [0.25, 0.3) is 0 Å². The van der Waals surface area contributed by atoms with Gasteiger partial charge in [0.1, 0.15) is 21.7 Å². The third-order valence-corrected chi connectivity index (χ3v) is 3.38. The minimum Gasteiger partial charge on any atom is -0.495 e. The fourth-order valence-corrected chi connectivity index (χ4v) is 2.38. The second-order valence-electron chi connectivity index (χ2n) is 3.71. The summed E-state index contributed by atoms with van der Waals surface area (Å²) in [5.41, 5.74) is 0.812. The lowest BCUT2D eigenvalue weighted by Gasteiger charge is -2.12. The number of nitrogens with zero attached hydrogens (tertiary/aromatic N) is 1. The normalized spacial score (nSPS) is 10.1. The van der Waals surface area contributed by atoms with E-state index in [9.17, 15) is 4.79 Å². The van der Waals surface area contributed by atoms with Crippen LogP contribution in [0.15, 0.2) is 41.0 Å². The molecular formula is C14H12BrNO3. The van der Waals surface area contributed by atoms with Gasteiger partial charge in [0, 0.05) is 6.20 Å². The smallest absolute Gasteiger partial charge is 0.215 e. The van der Waals surface area contributed by atoms with Gasteiger partial charge in [-0.05, 0) is 40.2 Å². The average molecular weight is 322 g/mol. The Labute approximate surface area is 119 Å². The second kappa shape index (κ2) is 5.84. The summed E-state index contributed by atoms with van der Waals surface area (Å²) in [4.78, 5) is 16.4. The molecule has 98 valence electrons. The van der Waals surface area contributed by atoms with Gasteiger partial charge in [0.2, 0.25) is 5.78 Å². The predicted octanol–water partition coefficient (Wildman–Crippen LogP) is 3.09. The maximum absolute atomic E-state index is 12.4. The number of hydrogen-bond acceptors (Lipinski definition) is 4. The first kappa shape index (κ1) is 13.5. The third-order valence-electron chi connectivity index (χ3n) is 2.63. The van der Waals surface area contributed by atoms with Crippen LogP contribution in [-0.2, 0) is 0 Å². The number of ether oxygens (including phenoxy) is 2. The van der Waals surface area contributed by atoms with E-state index in [1.807, 2.05) is 0 Å². The number of pyridine rings is 1. The molecule has 0 fully saturated rings. The van der Waals surface area contributed by atoms with Crippen LogP contribution in [0.2, 0.25) is 0 Å². The summed E-state index contributed by atoms with van der Waals surface area (Å²) in [6.45, 7) is 0. The van der Waals surface area contributed by atoms with Gasteiger partial charge < -0.3 is 9.47 Å². The molecule has 0 saturated heterocycles. The quantitative estimate of drug-likeness (QED) is 0.812. The topological polar surface area (TPSA) is 48.4 Å². The molecule has 0 saturated carbocycles. The van der Waals surface area contributed by atoms with Crippen molar-refractivity contribution in [1.29, 1.82) is 0 Å². The molecule has 0 aliphatic heterocycles. The van der Waals surface area contributed by atoms with E-state index < -0.39 is 0 Å². The number of hydrogen-bond donors (Lipinski definition) is 0. The third kappa shape index (κ3) is 2.61. The van der Waals surface area contributed by atoms with Crippen molar-refractivity contribution in [3.63, 3.8) is 0 Å². The Morgan fingerprint density at radius 2 is 1.95 bits per heavy atom. The first-order chi connectivity index (χ1) is 9.19. The monoisotopic (exact) mass is 321 g/mol. The molecule has 1 aromatic carbocycles. The van der Waals surface area contributed by atoms with Crippen LogP contribution < -0.4 is 9.47 Å². The summed E-state index contributed by atoms with van der Waals surface area (Å²) >= 11 is 3.37. The Morgan fingerprint density at radius 3 is 2.53 bits per heavy atom. The Hall–Kier alpha value is -1.88. The van der Waals surface area contributed by atoms with Gasteiger partial charge in [-0.15, -0.1) is 0 Å². The molecule has 0 spiro atoms. The van der Waals surface area contributed by atoms with E-state index in [-0.39, 0.29) is 5.78 Å². The number of ketones is 1. The van der Waals surface area contributed by atoms with Crippen LogP contribution in [0.5, 0.6) is 11.5 Å². The standard InChI is InChI=1S/C14H12BrNO3/c1-18-11-7-6-9(14(19-2)12(11)15)13(17)10-5-3-4-8-16-10/h3-8H,1-2H3. The highest BCUT2D eigenvalue weighted by Crippen LogP contribution is 2.37. The minimum atomic E-state index is -0.194. The molecule has 0 aliphatic rings. The molecule has 0 atom stereocenters. The molecule has 0 radical (unpaired) electrons. The van der Waals surface area contributed by atoms with Crippen LogP contribution in [0.3, 0.4) is 0 Å². The van der Waals surface area contributed by atoms with Crippen LogP contribution >= 0.6 is 15.9 Å². The maximum atomic E-state index is 12.4. The maximum Gasteiger partial charge on any atom is 0.215 e. The average Bonchev–Trinajstić information content (AvgIpc) is 2.47. The van der Waals surface area contributed by atoms with Gasteiger partial charge in [-0.25, -0.2) is 0 Å². The molecule has 1 heterocycles. The van der Waals surface area contributed by atoms with E-state index in [1.54, 1.807) is 43.6 Å². The molecule has 2 rings (SSSR count). The van der Waals surface area contributed by atoms with Crippen molar-refractivity contribution in [2.45, 2.75) is 0 Å². The molecular weight excluding hydrogens is 310 g/mol. The van der Waals surface area contributed by atoms with E-state index in [2.05, 4.69) is 20.9 Å².